The molecule has 3 atom stereocenters. The molecule has 1 aromatic heterocycles. The molecule has 1 fully saturated rings. The highest BCUT2D eigenvalue weighted by molar-refractivity contribution is 5.78. The van der Waals surface area contributed by atoms with E-state index in [9.17, 15) is 4.79 Å². The molecule has 6 heteroatoms. The molecular weight excluding hydrogens is 268 g/mol. The quantitative estimate of drug-likeness (QED) is 0.879. The van der Waals surface area contributed by atoms with E-state index < -0.39 is 0 Å². The minimum Gasteiger partial charge on any atom is -0.375 e. The summed E-state index contributed by atoms with van der Waals surface area (Å²) in [7, 11) is 0. The normalized spacial score (nSPS) is 22.1. The summed E-state index contributed by atoms with van der Waals surface area (Å²) in [5.74, 6) is 0.140. The molecule has 0 radical (unpaired) electrons. The second kappa shape index (κ2) is 7.04. The number of aryl methyl sites for hydroxylation is 1. The smallest absolute Gasteiger partial charge is 0.236 e. The Balaban J connectivity index is 1.80. The van der Waals surface area contributed by atoms with Gasteiger partial charge in [-0.05, 0) is 33.3 Å². The number of ether oxygens (including phenoxy) is 1. The molecule has 1 aliphatic rings. The molecule has 1 aromatic rings. The summed E-state index contributed by atoms with van der Waals surface area (Å²) in [5, 5.41) is 7.64. The molecule has 0 aliphatic carbocycles. The number of carbonyl (C=O) groups is 1. The van der Waals surface area contributed by atoms with Gasteiger partial charge in [0.2, 0.25) is 5.91 Å². The fourth-order valence-corrected chi connectivity index (χ4v) is 2.46. The summed E-state index contributed by atoms with van der Waals surface area (Å²) in [6, 6.07) is 0.377. The highest BCUT2D eigenvalue weighted by atomic mass is 16.5. The van der Waals surface area contributed by atoms with Gasteiger partial charge in [-0.2, -0.15) is 5.10 Å². The molecule has 0 saturated carbocycles. The van der Waals surface area contributed by atoms with Crippen LogP contribution in [0.25, 0.3) is 0 Å². The zero-order chi connectivity index (χ0) is 15.4. The topological polar surface area (TPSA) is 59.4 Å². The Morgan fingerprint density at radius 2 is 2.33 bits per heavy atom. The van der Waals surface area contributed by atoms with E-state index in [-0.39, 0.29) is 24.1 Å². The molecule has 1 saturated heterocycles. The lowest BCUT2D eigenvalue weighted by molar-refractivity contribution is -0.137. The van der Waals surface area contributed by atoms with Crippen LogP contribution in [0.15, 0.2) is 12.4 Å². The Morgan fingerprint density at radius 3 is 2.95 bits per heavy atom. The lowest BCUT2D eigenvalue weighted by atomic mass is 10.1. The van der Waals surface area contributed by atoms with Gasteiger partial charge in [0.05, 0.1) is 31.5 Å². The summed E-state index contributed by atoms with van der Waals surface area (Å²) < 4.78 is 7.40. The van der Waals surface area contributed by atoms with E-state index >= 15 is 0 Å². The van der Waals surface area contributed by atoms with Crippen LogP contribution in [0.3, 0.4) is 0 Å². The van der Waals surface area contributed by atoms with Crippen molar-refractivity contribution in [1.82, 2.24) is 20.0 Å². The van der Waals surface area contributed by atoms with Crippen molar-refractivity contribution in [2.24, 2.45) is 0 Å². The van der Waals surface area contributed by atoms with Crippen molar-refractivity contribution < 1.29 is 9.53 Å². The maximum atomic E-state index is 12.2. The monoisotopic (exact) mass is 294 g/mol. The van der Waals surface area contributed by atoms with Gasteiger partial charge in [0.25, 0.3) is 0 Å². The van der Waals surface area contributed by atoms with Crippen molar-refractivity contribution in [3.63, 3.8) is 0 Å². The molecular formula is C15H26N4O2. The zero-order valence-electron chi connectivity index (χ0n) is 13.4. The maximum Gasteiger partial charge on any atom is 0.236 e. The van der Waals surface area contributed by atoms with Crippen molar-refractivity contribution in [2.45, 2.75) is 45.9 Å². The van der Waals surface area contributed by atoms with E-state index in [1.807, 2.05) is 35.8 Å². The van der Waals surface area contributed by atoms with Gasteiger partial charge < -0.3 is 15.0 Å². The Labute approximate surface area is 126 Å². The fraction of sp³-hybridized carbons (Fsp3) is 0.733. The predicted octanol–water partition coefficient (Wildman–Crippen LogP) is 0.978. The molecule has 6 nitrogen and oxygen atoms in total. The average Bonchev–Trinajstić information content (AvgIpc) is 2.90. The van der Waals surface area contributed by atoms with Crippen LogP contribution >= 0.6 is 0 Å². The van der Waals surface area contributed by atoms with Crippen LogP contribution in [-0.4, -0.2) is 59.0 Å². The lowest BCUT2D eigenvalue weighted by Gasteiger charge is -2.32. The van der Waals surface area contributed by atoms with Crippen LogP contribution in [0.1, 0.15) is 32.4 Å². The molecule has 2 rings (SSSR count). The number of morpholine rings is 1. The zero-order valence-corrected chi connectivity index (χ0v) is 13.4. The number of hydrogen-bond donors (Lipinski definition) is 1. The van der Waals surface area contributed by atoms with Gasteiger partial charge in [0.15, 0.2) is 0 Å². The third-order valence-corrected chi connectivity index (χ3v) is 4.04. The van der Waals surface area contributed by atoms with E-state index in [4.69, 9.17) is 4.74 Å². The molecule has 0 spiro atoms. The first-order valence-corrected chi connectivity index (χ1v) is 7.61. The summed E-state index contributed by atoms with van der Waals surface area (Å²) in [6.07, 6.45) is 4.00. The van der Waals surface area contributed by atoms with E-state index in [0.29, 0.717) is 26.2 Å². The summed E-state index contributed by atoms with van der Waals surface area (Å²) in [5.41, 5.74) is 1.15. The van der Waals surface area contributed by atoms with E-state index in [1.54, 1.807) is 0 Å². The van der Waals surface area contributed by atoms with Crippen LogP contribution in [0.4, 0.5) is 0 Å². The van der Waals surface area contributed by atoms with Gasteiger partial charge in [-0.3, -0.25) is 9.48 Å². The number of amides is 1. The summed E-state index contributed by atoms with van der Waals surface area (Å²) in [4.78, 5) is 14.1. The third kappa shape index (κ3) is 4.28. The maximum absolute atomic E-state index is 12.2. The molecule has 1 amide bonds. The molecule has 21 heavy (non-hydrogen) atoms. The van der Waals surface area contributed by atoms with Crippen molar-refractivity contribution in [3.8, 4) is 0 Å². The fourth-order valence-electron chi connectivity index (χ4n) is 2.46. The van der Waals surface area contributed by atoms with Crippen LogP contribution in [0, 0.1) is 6.92 Å². The highest BCUT2D eigenvalue weighted by Crippen LogP contribution is 2.11. The van der Waals surface area contributed by atoms with Crippen molar-refractivity contribution in [2.75, 3.05) is 26.2 Å². The molecule has 0 bridgehead atoms. The number of aromatic nitrogens is 2. The van der Waals surface area contributed by atoms with Gasteiger partial charge in [-0.1, -0.05) is 0 Å². The SMILES string of the molecule is Cc1cnn([C@H](C)[C@@H](C)NCC(=O)N2CCO[C@H](C)C2)c1. The number of carbonyl (C=O) groups excluding carboxylic acids is 1. The van der Waals surface area contributed by atoms with Crippen LogP contribution in [-0.2, 0) is 9.53 Å². The number of nitrogens with zero attached hydrogens (tertiary/aromatic N) is 3. The molecule has 1 N–H and O–H groups in total. The molecule has 118 valence electrons. The molecule has 2 heterocycles. The van der Waals surface area contributed by atoms with E-state index in [2.05, 4.69) is 24.3 Å². The van der Waals surface area contributed by atoms with Crippen LogP contribution in [0.5, 0.6) is 0 Å². The Morgan fingerprint density at radius 1 is 1.57 bits per heavy atom. The summed E-state index contributed by atoms with van der Waals surface area (Å²) >= 11 is 0. The van der Waals surface area contributed by atoms with Crippen LogP contribution < -0.4 is 5.32 Å². The Bertz CT molecular complexity index is 474. The van der Waals surface area contributed by atoms with Gasteiger partial charge in [0.1, 0.15) is 0 Å². The van der Waals surface area contributed by atoms with Gasteiger partial charge in [-0.15, -0.1) is 0 Å². The van der Waals surface area contributed by atoms with Gasteiger partial charge in [-0.25, -0.2) is 0 Å². The predicted molar refractivity (Wildman–Crippen MR) is 81.1 cm³/mol. The van der Waals surface area contributed by atoms with Crippen molar-refractivity contribution >= 4 is 5.91 Å². The first-order valence-electron chi connectivity index (χ1n) is 7.61. The van der Waals surface area contributed by atoms with E-state index in [1.165, 1.54) is 0 Å². The minimum atomic E-state index is 0.131. The molecule has 0 unspecified atom stereocenters. The average molecular weight is 294 g/mol. The minimum absolute atomic E-state index is 0.131. The lowest BCUT2D eigenvalue weighted by Crippen LogP contribution is -2.49. The third-order valence-electron chi connectivity index (χ3n) is 4.04. The van der Waals surface area contributed by atoms with Gasteiger partial charge in [0, 0.05) is 25.3 Å². The molecule has 1 aliphatic heterocycles. The van der Waals surface area contributed by atoms with E-state index in [0.717, 1.165) is 5.56 Å². The second-order valence-electron chi connectivity index (χ2n) is 5.93. The summed E-state index contributed by atoms with van der Waals surface area (Å²) in [6.45, 7) is 10.6. The number of hydrogen-bond acceptors (Lipinski definition) is 4. The number of nitrogens with one attached hydrogen (secondary N) is 1. The highest BCUT2D eigenvalue weighted by Gasteiger charge is 2.22. The van der Waals surface area contributed by atoms with Crippen molar-refractivity contribution in [1.29, 1.82) is 0 Å². The first kappa shape index (κ1) is 16.0. The second-order valence-corrected chi connectivity index (χ2v) is 5.93. The largest absolute Gasteiger partial charge is 0.375 e. The number of rotatable bonds is 5. The standard InChI is InChI=1S/C15H26N4O2/c1-11-7-17-19(9-11)14(4)13(3)16-8-15(20)18-5-6-21-12(2)10-18/h7,9,12-14,16H,5-6,8,10H2,1-4H3/t12-,13-,14-/m1/s1. The Kier molecular flexibility index (Phi) is 5.36. The van der Waals surface area contributed by atoms with Crippen molar-refractivity contribution in [3.05, 3.63) is 18.0 Å². The van der Waals surface area contributed by atoms with Crippen LogP contribution in [0.2, 0.25) is 0 Å². The molecule has 0 aromatic carbocycles. The Hall–Kier alpha value is -1.40. The van der Waals surface area contributed by atoms with Gasteiger partial charge >= 0.3 is 0 Å². The first-order chi connectivity index (χ1) is 9.97.